The summed E-state index contributed by atoms with van der Waals surface area (Å²) < 4.78 is 15.1. The van der Waals surface area contributed by atoms with E-state index in [1.54, 1.807) is 12.1 Å². The summed E-state index contributed by atoms with van der Waals surface area (Å²) in [4.78, 5) is 20.5. The molecule has 2 aliphatic heterocycles. The number of nitrogens with zero attached hydrogens (tertiary/aromatic N) is 4. The number of amides is 1. The first kappa shape index (κ1) is 28.2. The molecule has 0 spiro atoms. The topological polar surface area (TPSA) is 97.5 Å². The van der Waals surface area contributed by atoms with E-state index in [9.17, 15) is 19.4 Å². The summed E-state index contributed by atoms with van der Waals surface area (Å²) >= 11 is 0. The van der Waals surface area contributed by atoms with Gasteiger partial charge < -0.3 is 10.0 Å². The van der Waals surface area contributed by atoms with Crippen LogP contribution in [0.5, 0.6) is 0 Å². The van der Waals surface area contributed by atoms with Gasteiger partial charge >= 0.3 is 0 Å². The maximum atomic E-state index is 13.7. The number of hydrogen-bond donors (Lipinski definition) is 1. The molecular weight excluding hydrogens is 520 g/mol. The fraction of sp³-hybridized carbons (Fsp3) is 0.406. The zero-order valence-corrected chi connectivity index (χ0v) is 24.2. The van der Waals surface area contributed by atoms with E-state index in [4.69, 9.17) is 4.98 Å². The van der Waals surface area contributed by atoms with Crippen LogP contribution < -0.4 is 0 Å². The Morgan fingerprint density at radius 1 is 1.05 bits per heavy atom. The molecule has 40 heavy (non-hydrogen) atoms. The third kappa shape index (κ3) is 5.60. The zero-order valence-electron chi connectivity index (χ0n) is 23.4. The molecule has 0 aliphatic carbocycles. The SMILES string of the molecule is CC(C)(C)[S@@](=O)N1Cc2cc(C(=O)N3CCCCC3)nc(-c3cccc(-c4ccc(C#N)cc4)c3)c2[C@H]1CCO. The molecule has 0 saturated carbocycles. The molecule has 208 valence electrons. The van der Waals surface area contributed by atoms with Gasteiger partial charge in [0, 0.05) is 37.4 Å². The summed E-state index contributed by atoms with van der Waals surface area (Å²) in [5, 5.41) is 19.2. The summed E-state index contributed by atoms with van der Waals surface area (Å²) in [6, 6.07) is 19.2. The van der Waals surface area contributed by atoms with E-state index in [1.807, 2.05) is 66.4 Å². The van der Waals surface area contributed by atoms with Crippen LogP contribution in [0.2, 0.25) is 0 Å². The minimum Gasteiger partial charge on any atom is -0.396 e. The summed E-state index contributed by atoms with van der Waals surface area (Å²) in [7, 11) is -1.32. The predicted octanol–water partition coefficient (Wildman–Crippen LogP) is 5.61. The first-order chi connectivity index (χ1) is 19.2. The van der Waals surface area contributed by atoms with Gasteiger partial charge in [0.25, 0.3) is 5.91 Å². The van der Waals surface area contributed by atoms with Gasteiger partial charge in [-0.15, -0.1) is 0 Å². The number of aromatic nitrogens is 1. The van der Waals surface area contributed by atoms with Crippen LogP contribution in [-0.2, 0) is 17.5 Å². The molecule has 7 nitrogen and oxygen atoms in total. The number of pyridine rings is 1. The van der Waals surface area contributed by atoms with Crippen molar-refractivity contribution in [1.82, 2.24) is 14.2 Å². The molecule has 3 heterocycles. The minimum atomic E-state index is -1.32. The van der Waals surface area contributed by atoms with Crippen LogP contribution in [0.4, 0.5) is 0 Å². The Morgan fingerprint density at radius 2 is 1.75 bits per heavy atom. The average Bonchev–Trinajstić information content (AvgIpc) is 3.34. The molecule has 0 bridgehead atoms. The Kier molecular flexibility index (Phi) is 8.18. The largest absolute Gasteiger partial charge is 0.396 e. The molecule has 2 aliphatic rings. The molecule has 1 N–H and O–H groups in total. The monoisotopic (exact) mass is 556 g/mol. The lowest BCUT2D eigenvalue weighted by molar-refractivity contribution is 0.0718. The van der Waals surface area contributed by atoms with Gasteiger partial charge in [0.05, 0.1) is 28.1 Å². The molecule has 5 rings (SSSR count). The molecule has 1 saturated heterocycles. The molecule has 2 atom stereocenters. The van der Waals surface area contributed by atoms with Crippen molar-refractivity contribution >= 4 is 16.9 Å². The number of nitriles is 1. The van der Waals surface area contributed by atoms with E-state index in [2.05, 4.69) is 12.1 Å². The number of carbonyl (C=O) groups excluding carboxylic acids is 1. The highest BCUT2D eigenvalue weighted by atomic mass is 32.2. The predicted molar refractivity (Wildman–Crippen MR) is 157 cm³/mol. The van der Waals surface area contributed by atoms with Gasteiger partial charge in [0.15, 0.2) is 0 Å². The van der Waals surface area contributed by atoms with Crippen molar-refractivity contribution in [3.63, 3.8) is 0 Å². The lowest BCUT2D eigenvalue weighted by Gasteiger charge is -2.30. The second-order valence-electron chi connectivity index (χ2n) is 11.5. The first-order valence-corrected chi connectivity index (χ1v) is 15.1. The molecule has 0 radical (unpaired) electrons. The molecule has 8 heteroatoms. The molecule has 2 aromatic carbocycles. The summed E-state index contributed by atoms with van der Waals surface area (Å²) in [6.45, 7) is 7.69. The number of rotatable bonds is 6. The lowest BCUT2D eigenvalue weighted by Crippen LogP contribution is -2.36. The molecule has 3 aromatic rings. The van der Waals surface area contributed by atoms with E-state index in [0.717, 1.165) is 60.2 Å². The smallest absolute Gasteiger partial charge is 0.272 e. The van der Waals surface area contributed by atoms with Gasteiger partial charge in [-0.05, 0) is 87.4 Å². The fourth-order valence-corrected chi connectivity index (χ4v) is 7.04. The fourth-order valence-electron chi connectivity index (χ4n) is 5.64. The highest BCUT2D eigenvalue weighted by molar-refractivity contribution is 7.84. The van der Waals surface area contributed by atoms with E-state index in [0.29, 0.717) is 29.9 Å². The van der Waals surface area contributed by atoms with Gasteiger partial charge in [-0.3, -0.25) is 4.79 Å². The zero-order chi connectivity index (χ0) is 28.4. The molecule has 1 amide bonds. The van der Waals surface area contributed by atoms with Crippen molar-refractivity contribution in [2.75, 3.05) is 19.7 Å². The Morgan fingerprint density at radius 3 is 2.40 bits per heavy atom. The van der Waals surface area contributed by atoms with Gasteiger partial charge in [0.1, 0.15) is 16.7 Å². The van der Waals surface area contributed by atoms with E-state index >= 15 is 0 Å². The number of fused-ring (bicyclic) bond motifs is 1. The van der Waals surface area contributed by atoms with Crippen molar-refractivity contribution in [2.24, 2.45) is 0 Å². The quantitative estimate of drug-likeness (QED) is 0.425. The molecule has 1 aromatic heterocycles. The number of hydrogen-bond acceptors (Lipinski definition) is 5. The Hall–Kier alpha value is -3.38. The van der Waals surface area contributed by atoms with Gasteiger partial charge in [-0.1, -0.05) is 30.3 Å². The Balaban J connectivity index is 1.65. The number of benzene rings is 2. The maximum Gasteiger partial charge on any atom is 0.272 e. The number of aliphatic hydroxyl groups excluding tert-OH is 1. The number of carbonyl (C=O) groups is 1. The van der Waals surface area contributed by atoms with Crippen molar-refractivity contribution in [2.45, 2.75) is 63.8 Å². The van der Waals surface area contributed by atoms with E-state index in [1.165, 1.54) is 0 Å². The summed E-state index contributed by atoms with van der Waals surface area (Å²) in [6.07, 6.45) is 3.53. The van der Waals surface area contributed by atoms with Gasteiger partial charge in [0.2, 0.25) is 0 Å². The number of piperidine rings is 1. The van der Waals surface area contributed by atoms with Crippen LogP contribution in [0.3, 0.4) is 0 Å². The highest BCUT2D eigenvalue weighted by Crippen LogP contribution is 2.44. The molecule has 0 unspecified atom stereocenters. The summed E-state index contributed by atoms with van der Waals surface area (Å²) in [5.74, 6) is -0.0684. The van der Waals surface area contributed by atoms with Gasteiger partial charge in [-0.25, -0.2) is 13.5 Å². The van der Waals surface area contributed by atoms with Crippen molar-refractivity contribution in [1.29, 1.82) is 5.26 Å². The van der Waals surface area contributed by atoms with Crippen LogP contribution in [0.1, 0.15) is 79.7 Å². The average molecular weight is 557 g/mol. The Bertz CT molecular complexity index is 1470. The molecular formula is C32H36N4O3S. The van der Waals surface area contributed by atoms with Crippen molar-refractivity contribution in [3.05, 3.63) is 77.0 Å². The normalized spacial score (nSPS) is 18.3. The maximum absolute atomic E-state index is 13.7. The van der Waals surface area contributed by atoms with Crippen LogP contribution in [0, 0.1) is 11.3 Å². The molecule has 1 fully saturated rings. The van der Waals surface area contributed by atoms with Crippen LogP contribution >= 0.6 is 0 Å². The van der Waals surface area contributed by atoms with Crippen LogP contribution in [0.25, 0.3) is 22.4 Å². The third-order valence-electron chi connectivity index (χ3n) is 7.64. The third-order valence-corrected chi connectivity index (χ3v) is 9.49. The van der Waals surface area contributed by atoms with Crippen molar-refractivity contribution in [3.8, 4) is 28.5 Å². The first-order valence-electron chi connectivity index (χ1n) is 13.9. The minimum absolute atomic E-state index is 0.0544. The van der Waals surface area contributed by atoms with E-state index < -0.39 is 15.7 Å². The van der Waals surface area contributed by atoms with Crippen LogP contribution in [-0.4, -0.2) is 53.9 Å². The Labute approximate surface area is 239 Å². The highest BCUT2D eigenvalue weighted by Gasteiger charge is 2.40. The van der Waals surface area contributed by atoms with Crippen molar-refractivity contribution < 1.29 is 14.1 Å². The number of aliphatic hydroxyl groups is 1. The van der Waals surface area contributed by atoms with Crippen LogP contribution in [0.15, 0.2) is 54.6 Å². The second-order valence-corrected chi connectivity index (χ2v) is 13.7. The number of likely N-dealkylation sites (tertiary alicyclic amines) is 1. The summed E-state index contributed by atoms with van der Waals surface area (Å²) in [5.41, 5.74) is 6.37. The lowest BCUT2D eigenvalue weighted by atomic mass is 9.93. The van der Waals surface area contributed by atoms with E-state index in [-0.39, 0.29) is 18.6 Å². The van der Waals surface area contributed by atoms with Gasteiger partial charge in [-0.2, -0.15) is 5.26 Å². The second kappa shape index (κ2) is 11.6. The standard InChI is InChI=1S/C32H36N4O3S/c1-32(2,3)40(39)36-21-26-19-27(31(38)35-15-5-4-6-16-35)34-30(29(26)28(36)14-17-37)25-9-7-8-24(18-25)23-12-10-22(20-33)11-13-23/h7-13,18-19,28,37H,4-6,14-17,21H2,1-3H3/t28-,40-/m1/s1.